The number of aliphatic hydroxyl groups is 4. The van der Waals surface area contributed by atoms with E-state index in [1.807, 2.05) is 0 Å². The van der Waals surface area contributed by atoms with Crippen LogP contribution in [-0.4, -0.2) is 57.2 Å². The first-order chi connectivity index (χ1) is 5.90. The summed E-state index contributed by atoms with van der Waals surface area (Å²) in [4.78, 5) is 0. The Bertz CT molecular complexity index is 184. The molecule has 1 saturated heterocycles. The van der Waals surface area contributed by atoms with Gasteiger partial charge in [0, 0.05) is 6.54 Å². The van der Waals surface area contributed by atoms with Crippen LogP contribution < -0.4 is 5.73 Å². The molecule has 1 aliphatic rings. The van der Waals surface area contributed by atoms with Gasteiger partial charge in [0.2, 0.25) is 0 Å². The maximum Gasteiger partial charge on any atom is 0.192 e. The van der Waals surface area contributed by atoms with Gasteiger partial charge in [-0.25, -0.2) is 0 Å². The average Bonchev–Trinajstić information content (AvgIpc) is 2.08. The Labute approximate surface area is 75.6 Å². The summed E-state index contributed by atoms with van der Waals surface area (Å²) >= 11 is 0. The first kappa shape index (κ1) is 10.8. The highest BCUT2D eigenvalue weighted by Crippen LogP contribution is 2.26. The highest BCUT2D eigenvalue weighted by molar-refractivity contribution is 4.94. The van der Waals surface area contributed by atoms with Crippen LogP contribution in [0.1, 0.15) is 6.92 Å². The molecule has 0 radical (unpaired) electrons. The van der Waals surface area contributed by atoms with E-state index in [2.05, 4.69) is 0 Å². The average molecular weight is 193 g/mol. The van der Waals surface area contributed by atoms with Gasteiger partial charge in [0.1, 0.15) is 24.4 Å². The quantitative estimate of drug-likeness (QED) is 0.306. The Morgan fingerprint density at radius 3 is 2.31 bits per heavy atom. The van der Waals surface area contributed by atoms with E-state index in [9.17, 15) is 20.4 Å². The zero-order valence-electron chi connectivity index (χ0n) is 7.29. The second-order valence-electron chi connectivity index (χ2n) is 3.37. The summed E-state index contributed by atoms with van der Waals surface area (Å²) in [7, 11) is 0. The monoisotopic (exact) mass is 193 g/mol. The maximum absolute atomic E-state index is 9.43. The van der Waals surface area contributed by atoms with E-state index in [0.29, 0.717) is 0 Å². The second-order valence-corrected chi connectivity index (χ2v) is 3.37. The number of nitrogens with two attached hydrogens (primary N) is 1. The molecule has 1 fully saturated rings. The zero-order valence-corrected chi connectivity index (χ0v) is 7.29. The summed E-state index contributed by atoms with van der Waals surface area (Å²) in [6.45, 7) is 1.16. The predicted molar refractivity (Wildman–Crippen MR) is 42.6 cm³/mol. The third-order valence-corrected chi connectivity index (χ3v) is 2.23. The second kappa shape index (κ2) is 3.49. The van der Waals surface area contributed by atoms with Crippen LogP contribution in [0.5, 0.6) is 0 Å². The Morgan fingerprint density at radius 1 is 1.31 bits per heavy atom. The molecule has 0 aromatic rings. The van der Waals surface area contributed by atoms with Gasteiger partial charge >= 0.3 is 0 Å². The van der Waals surface area contributed by atoms with E-state index in [1.165, 1.54) is 6.92 Å². The molecule has 0 spiro atoms. The molecule has 5 atom stereocenters. The van der Waals surface area contributed by atoms with Gasteiger partial charge in [0.05, 0.1) is 0 Å². The molecule has 13 heavy (non-hydrogen) atoms. The van der Waals surface area contributed by atoms with Crippen molar-refractivity contribution in [3.8, 4) is 0 Å². The van der Waals surface area contributed by atoms with Gasteiger partial charge in [-0.3, -0.25) is 0 Å². The third-order valence-electron chi connectivity index (χ3n) is 2.23. The Kier molecular flexibility index (Phi) is 2.91. The van der Waals surface area contributed by atoms with Gasteiger partial charge in [0.25, 0.3) is 0 Å². The Balaban J connectivity index is 2.79. The Hall–Kier alpha value is -0.240. The van der Waals surface area contributed by atoms with Crippen molar-refractivity contribution in [1.82, 2.24) is 0 Å². The summed E-state index contributed by atoms with van der Waals surface area (Å²) in [5.41, 5.74) is 5.23. The van der Waals surface area contributed by atoms with Gasteiger partial charge in [-0.05, 0) is 6.92 Å². The molecule has 0 amide bonds. The first-order valence-electron chi connectivity index (χ1n) is 4.04. The normalized spacial score (nSPS) is 52.2. The molecule has 1 aliphatic heterocycles. The Morgan fingerprint density at radius 2 is 1.85 bits per heavy atom. The van der Waals surface area contributed by atoms with Crippen molar-refractivity contribution >= 4 is 0 Å². The van der Waals surface area contributed by atoms with Gasteiger partial charge in [-0.1, -0.05) is 0 Å². The van der Waals surface area contributed by atoms with Crippen molar-refractivity contribution < 1.29 is 25.2 Å². The molecule has 0 unspecified atom stereocenters. The zero-order chi connectivity index (χ0) is 10.2. The molecule has 6 N–H and O–H groups in total. The van der Waals surface area contributed by atoms with Crippen molar-refractivity contribution in [3.05, 3.63) is 0 Å². The first-order valence-corrected chi connectivity index (χ1v) is 4.04. The van der Waals surface area contributed by atoms with Crippen LogP contribution in [0.3, 0.4) is 0 Å². The highest BCUT2D eigenvalue weighted by Gasteiger charge is 2.49. The summed E-state index contributed by atoms with van der Waals surface area (Å²) in [6.07, 6.45) is -5.13. The van der Waals surface area contributed by atoms with Gasteiger partial charge < -0.3 is 30.9 Å². The number of hydrogen-bond acceptors (Lipinski definition) is 6. The third kappa shape index (κ3) is 1.83. The maximum atomic E-state index is 9.43. The van der Waals surface area contributed by atoms with Crippen molar-refractivity contribution in [2.24, 2.45) is 5.73 Å². The fourth-order valence-electron chi connectivity index (χ4n) is 1.36. The fraction of sp³-hybridized carbons (Fsp3) is 1.00. The molecular formula is C7H15NO5. The van der Waals surface area contributed by atoms with E-state index in [0.717, 1.165) is 0 Å². The molecule has 1 rings (SSSR count). The number of hydrogen-bond donors (Lipinski definition) is 5. The largest absolute Gasteiger partial charge is 0.388 e. The van der Waals surface area contributed by atoms with Crippen LogP contribution >= 0.6 is 0 Å². The molecule has 6 nitrogen and oxygen atoms in total. The predicted octanol–water partition coefficient (Wildman–Crippen LogP) is -2.86. The summed E-state index contributed by atoms with van der Waals surface area (Å²) in [5, 5.41) is 37.3. The lowest BCUT2D eigenvalue weighted by Gasteiger charge is -2.43. The highest BCUT2D eigenvalue weighted by atomic mass is 16.7. The molecule has 0 bridgehead atoms. The van der Waals surface area contributed by atoms with Gasteiger partial charge in [-0.2, -0.15) is 0 Å². The minimum absolute atomic E-state index is 0.0406. The van der Waals surface area contributed by atoms with Crippen LogP contribution in [0, 0.1) is 0 Å². The van der Waals surface area contributed by atoms with E-state index < -0.39 is 30.2 Å². The van der Waals surface area contributed by atoms with Crippen LogP contribution in [-0.2, 0) is 4.74 Å². The SMILES string of the molecule is C[C@@]1(O)O[C@H](CN)[C@H](O)[C@H](O)[C@H]1O. The van der Waals surface area contributed by atoms with E-state index >= 15 is 0 Å². The summed E-state index contributed by atoms with van der Waals surface area (Å²) < 4.78 is 4.89. The lowest BCUT2D eigenvalue weighted by molar-refractivity contribution is -0.335. The van der Waals surface area contributed by atoms with Gasteiger partial charge in [-0.15, -0.1) is 0 Å². The summed E-state index contributed by atoms with van der Waals surface area (Å²) in [5.74, 6) is -1.87. The van der Waals surface area contributed by atoms with Crippen molar-refractivity contribution in [2.75, 3.05) is 6.54 Å². The van der Waals surface area contributed by atoms with Crippen molar-refractivity contribution in [2.45, 2.75) is 37.1 Å². The molecule has 0 saturated carbocycles. The molecule has 78 valence electrons. The number of aliphatic hydroxyl groups excluding tert-OH is 3. The van der Waals surface area contributed by atoms with Crippen molar-refractivity contribution in [1.29, 1.82) is 0 Å². The smallest absolute Gasteiger partial charge is 0.192 e. The summed E-state index contributed by atoms with van der Waals surface area (Å²) in [6, 6.07) is 0. The number of rotatable bonds is 1. The van der Waals surface area contributed by atoms with E-state index in [1.54, 1.807) is 0 Å². The van der Waals surface area contributed by atoms with E-state index in [4.69, 9.17) is 10.5 Å². The van der Waals surface area contributed by atoms with Gasteiger partial charge in [0.15, 0.2) is 5.79 Å². The molecule has 0 aliphatic carbocycles. The van der Waals surface area contributed by atoms with Crippen LogP contribution in [0.4, 0.5) is 0 Å². The van der Waals surface area contributed by atoms with Crippen LogP contribution in [0.25, 0.3) is 0 Å². The fourth-order valence-corrected chi connectivity index (χ4v) is 1.36. The van der Waals surface area contributed by atoms with Crippen LogP contribution in [0.2, 0.25) is 0 Å². The van der Waals surface area contributed by atoms with Crippen LogP contribution in [0.15, 0.2) is 0 Å². The lowest BCUT2D eigenvalue weighted by Crippen LogP contribution is -2.64. The minimum Gasteiger partial charge on any atom is -0.388 e. The topological polar surface area (TPSA) is 116 Å². The standard InChI is InChI=1S/C7H15NO5/c1-7(12)6(11)5(10)4(9)3(2-8)13-7/h3-6,9-12H,2,8H2,1H3/t3-,4+,5+,6-,7-/m1/s1. The molecule has 6 heteroatoms. The molecule has 0 aromatic carbocycles. The lowest BCUT2D eigenvalue weighted by atomic mass is 9.93. The molecule has 1 heterocycles. The van der Waals surface area contributed by atoms with E-state index in [-0.39, 0.29) is 6.54 Å². The minimum atomic E-state index is -1.87. The van der Waals surface area contributed by atoms with Crippen molar-refractivity contribution in [3.63, 3.8) is 0 Å². The molecular weight excluding hydrogens is 178 g/mol. The molecule has 0 aromatic heterocycles. The number of ether oxygens (including phenoxy) is 1.